The van der Waals surface area contributed by atoms with Crippen molar-refractivity contribution in [3.8, 4) is 0 Å². The van der Waals surface area contributed by atoms with Crippen LogP contribution < -0.4 is 5.32 Å². The van der Waals surface area contributed by atoms with Gasteiger partial charge in [0.05, 0.1) is 0 Å². The molecule has 1 N–H and O–H groups in total. The molecule has 1 atom stereocenters. The van der Waals surface area contributed by atoms with Crippen LogP contribution in [0.1, 0.15) is 53.3 Å². The molecule has 0 saturated carbocycles. The first-order valence-corrected chi connectivity index (χ1v) is 7.22. The lowest BCUT2D eigenvalue weighted by atomic mass is 9.86. The third-order valence-corrected chi connectivity index (χ3v) is 3.34. The highest BCUT2D eigenvalue weighted by Crippen LogP contribution is 2.21. The van der Waals surface area contributed by atoms with Crippen molar-refractivity contribution < 1.29 is 0 Å². The fourth-order valence-electron chi connectivity index (χ4n) is 2.12. The van der Waals surface area contributed by atoms with E-state index in [1.54, 1.807) is 0 Å². The van der Waals surface area contributed by atoms with Gasteiger partial charge in [0.15, 0.2) is 0 Å². The van der Waals surface area contributed by atoms with Gasteiger partial charge in [-0.1, -0.05) is 34.6 Å². The van der Waals surface area contributed by atoms with Crippen molar-refractivity contribution in [2.45, 2.75) is 66.5 Å². The van der Waals surface area contributed by atoms with Gasteiger partial charge in [0.2, 0.25) is 0 Å². The monoisotopic (exact) mass is 251 g/mol. The summed E-state index contributed by atoms with van der Waals surface area (Å²) in [6.07, 6.45) is 7.43. The Morgan fingerprint density at radius 2 is 2.00 bits per heavy atom. The molecule has 1 unspecified atom stereocenters. The summed E-state index contributed by atoms with van der Waals surface area (Å²) < 4.78 is 2.31. The number of aromatic nitrogens is 2. The van der Waals surface area contributed by atoms with Crippen molar-refractivity contribution in [1.82, 2.24) is 14.9 Å². The van der Waals surface area contributed by atoms with E-state index < -0.39 is 0 Å². The molecule has 0 bridgehead atoms. The molecule has 104 valence electrons. The lowest BCUT2D eigenvalue weighted by Crippen LogP contribution is -2.44. The van der Waals surface area contributed by atoms with Crippen molar-refractivity contribution in [2.75, 3.05) is 6.54 Å². The molecule has 0 aliphatic heterocycles. The average Bonchev–Trinajstić information content (AvgIpc) is 2.71. The maximum absolute atomic E-state index is 4.46. The van der Waals surface area contributed by atoms with Crippen molar-refractivity contribution >= 4 is 0 Å². The van der Waals surface area contributed by atoms with Crippen LogP contribution in [0, 0.1) is 5.41 Å². The fourth-order valence-corrected chi connectivity index (χ4v) is 2.12. The second kappa shape index (κ2) is 6.93. The van der Waals surface area contributed by atoms with E-state index in [0.717, 1.165) is 25.9 Å². The van der Waals surface area contributed by atoms with Crippen LogP contribution in [0.25, 0.3) is 0 Å². The summed E-state index contributed by atoms with van der Waals surface area (Å²) in [7, 11) is 0. The lowest BCUT2D eigenvalue weighted by Gasteiger charge is -2.32. The standard InChI is InChI=1S/C15H29N3/c1-6-8-14-17-10-11-18(14)12-13(15(3,4)5)16-9-7-2/h10-11,13,16H,6-9,12H2,1-5H3. The van der Waals surface area contributed by atoms with Crippen molar-refractivity contribution in [1.29, 1.82) is 0 Å². The number of hydrogen-bond donors (Lipinski definition) is 1. The normalized spacial score (nSPS) is 13.8. The van der Waals surface area contributed by atoms with Gasteiger partial charge in [-0.15, -0.1) is 0 Å². The molecule has 1 aromatic heterocycles. The second-order valence-electron chi connectivity index (χ2n) is 6.12. The predicted molar refractivity (Wildman–Crippen MR) is 77.8 cm³/mol. The zero-order valence-corrected chi connectivity index (χ0v) is 12.7. The van der Waals surface area contributed by atoms with Crippen LogP contribution in [0.15, 0.2) is 12.4 Å². The van der Waals surface area contributed by atoms with Gasteiger partial charge in [0, 0.05) is 31.4 Å². The summed E-state index contributed by atoms with van der Waals surface area (Å²) in [5.41, 5.74) is 0.267. The van der Waals surface area contributed by atoms with E-state index in [2.05, 4.69) is 55.7 Å². The maximum atomic E-state index is 4.46. The number of aryl methyl sites for hydroxylation is 1. The summed E-state index contributed by atoms with van der Waals surface area (Å²) in [6, 6.07) is 0.488. The smallest absolute Gasteiger partial charge is 0.108 e. The van der Waals surface area contributed by atoms with Crippen LogP contribution in [0.2, 0.25) is 0 Å². The van der Waals surface area contributed by atoms with Gasteiger partial charge in [0.1, 0.15) is 5.82 Å². The van der Waals surface area contributed by atoms with Gasteiger partial charge in [0.25, 0.3) is 0 Å². The summed E-state index contributed by atoms with van der Waals surface area (Å²) >= 11 is 0. The molecule has 0 amide bonds. The lowest BCUT2D eigenvalue weighted by molar-refractivity contribution is 0.240. The van der Waals surface area contributed by atoms with E-state index in [-0.39, 0.29) is 5.41 Å². The van der Waals surface area contributed by atoms with E-state index in [1.165, 1.54) is 12.2 Å². The molecule has 0 aliphatic carbocycles. The maximum Gasteiger partial charge on any atom is 0.108 e. The highest BCUT2D eigenvalue weighted by atomic mass is 15.1. The van der Waals surface area contributed by atoms with Crippen molar-refractivity contribution in [2.24, 2.45) is 5.41 Å². The minimum atomic E-state index is 0.267. The molecule has 0 fully saturated rings. The molecule has 0 aliphatic rings. The summed E-state index contributed by atoms with van der Waals surface area (Å²) in [5, 5.41) is 3.67. The molecule has 0 aromatic carbocycles. The Hall–Kier alpha value is -0.830. The number of rotatable bonds is 7. The molecule has 3 nitrogen and oxygen atoms in total. The van der Waals surface area contributed by atoms with Gasteiger partial charge in [-0.25, -0.2) is 4.98 Å². The minimum absolute atomic E-state index is 0.267. The third kappa shape index (κ3) is 4.45. The minimum Gasteiger partial charge on any atom is -0.333 e. The van der Waals surface area contributed by atoms with Crippen molar-refractivity contribution in [3.63, 3.8) is 0 Å². The van der Waals surface area contributed by atoms with Crippen molar-refractivity contribution in [3.05, 3.63) is 18.2 Å². The Labute approximate surface area is 112 Å². The zero-order chi connectivity index (χ0) is 13.6. The largest absolute Gasteiger partial charge is 0.333 e. The number of nitrogens with zero attached hydrogens (tertiary/aromatic N) is 2. The topological polar surface area (TPSA) is 29.9 Å². The van der Waals surface area contributed by atoms with Crippen LogP contribution in [-0.4, -0.2) is 22.1 Å². The van der Waals surface area contributed by atoms with E-state index in [9.17, 15) is 0 Å². The summed E-state index contributed by atoms with van der Waals surface area (Å²) in [6.45, 7) is 13.4. The van der Waals surface area contributed by atoms with Gasteiger partial charge in [-0.2, -0.15) is 0 Å². The Kier molecular flexibility index (Phi) is 5.86. The molecule has 0 saturated heterocycles. The number of nitrogens with one attached hydrogen (secondary N) is 1. The molecule has 0 spiro atoms. The summed E-state index contributed by atoms with van der Waals surface area (Å²) in [4.78, 5) is 4.46. The number of imidazole rings is 1. The first-order chi connectivity index (χ1) is 8.49. The number of hydrogen-bond acceptors (Lipinski definition) is 2. The van der Waals surface area contributed by atoms with E-state index in [0.29, 0.717) is 6.04 Å². The van der Waals surface area contributed by atoms with E-state index >= 15 is 0 Å². The molecule has 1 rings (SSSR count). The zero-order valence-electron chi connectivity index (χ0n) is 12.7. The third-order valence-electron chi connectivity index (χ3n) is 3.34. The van der Waals surface area contributed by atoms with Crippen LogP contribution in [0.5, 0.6) is 0 Å². The van der Waals surface area contributed by atoms with Crippen LogP contribution in [0.3, 0.4) is 0 Å². The van der Waals surface area contributed by atoms with Gasteiger partial charge >= 0.3 is 0 Å². The second-order valence-corrected chi connectivity index (χ2v) is 6.12. The Balaban J connectivity index is 2.72. The highest BCUT2D eigenvalue weighted by Gasteiger charge is 2.24. The fraction of sp³-hybridized carbons (Fsp3) is 0.800. The molecule has 18 heavy (non-hydrogen) atoms. The van der Waals surface area contributed by atoms with Gasteiger partial charge in [-0.05, 0) is 24.8 Å². The Bertz CT molecular complexity index is 336. The molecule has 0 radical (unpaired) electrons. The molecular weight excluding hydrogens is 222 g/mol. The van der Waals surface area contributed by atoms with E-state index in [1.807, 2.05) is 6.20 Å². The Morgan fingerprint density at radius 1 is 1.28 bits per heavy atom. The van der Waals surface area contributed by atoms with Crippen LogP contribution in [0.4, 0.5) is 0 Å². The van der Waals surface area contributed by atoms with E-state index in [4.69, 9.17) is 0 Å². The highest BCUT2D eigenvalue weighted by molar-refractivity contribution is 4.95. The predicted octanol–water partition coefficient (Wildman–Crippen LogP) is 3.25. The average molecular weight is 251 g/mol. The molecular formula is C15H29N3. The molecule has 3 heteroatoms. The molecule has 1 heterocycles. The first kappa shape index (κ1) is 15.2. The van der Waals surface area contributed by atoms with Crippen LogP contribution >= 0.6 is 0 Å². The molecule has 1 aromatic rings. The SMILES string of the molecule is CCCNC(Cn1ccnc1CCC)C(C)(C)C. The van der Waals surface area contributed by atoms with Crippen LogP contribution in [-0.2, 0) is 13.0 Å². The summed E-state index contributed by atoms with van der Waals surface area (Å²) in [5.74, 6) is 1.21. The quantitative estimate of drug-likeness (QED) is 0.806. The van der Waals surface area contributed by atoms with Gasteiger partial charge < -0.3 is 9.88 Å². The van der Waals surface area contributed by atoms with Gasteiger partial charge in [-0.3, -0.25) is 0 Å². The Morgan fingerprint density at radius 3 is 2.56 bits per heavy atom. The first-order valence-electron chi connectivity index (χ1n) is 7.22.